The van der Waals surface area contributed by atoms with Gasteiger partial charge < -0.3 is 9.84 Å². The summed E-state index contributed by atoms with van der Waals surface area (Å²) in [5.41, 5.74) is 4.11. The fraction of sp³-hybridized carbons (Fsp3) is 0.227. The Morgan fingerprint density at radius 1 is 1.10 bits per heavy atom. The molecule has 1 aromatic carbocycles. The highest BCUT2D eigenvalue weighted by Gasteiger charge is 2.11. The molecule has 0 bridgehead atoms. The lowest BCUT2D eigenvalue weighted by Gasteiger charge is -2.02. The van der Waals surface area contributed by atoms with Crippen molar-refractivity contribution in [3.8, 4) is 22.0 Å². The predicted molar refractivity (Wildman–Crippen MR) is 115 cm³/mol. The first-order valence-electron chi connectivity index (χ1n) is 9.68. The largest absolute Gasteiger partial charge is 0.356 e. The van der Waals surface area contributed by atoms with Crippen LogP contribution in [-0.2, 0) is 17.6 Å². The van der Waals surface area contributed by atoms with Crippen molar-refractivity contribution in [1.82, 2.24) is 25.4 Å². The van der Waals surface area contributed by atoms with Crippen LogP contribution < -0.4 is 5.32 Å². The molecule has 1 N–H and O–H groups in total. The molecule has 30 heavy (non-hydrogen) atoms. The number of carbonyl (C=O) groups is 1. The highest BCUT2D eigenvalue weighted by molar-refractivity contribution is 7.13. The summed E-state index contributed by atoms with van der Waals surface area (Å²) in [4.78, 5) is 25.1. The zero-order chi connectivity index (χ0) is 20.8. The van der Waals surface area contributed by atoms with E-state index in [1.165, 1.54) is 5.56 Å². The molecule has 0 aliphatic carbocycles. The molecule has 0 spiro atoms. The Kier molecular flexibility index (Phi) is 6.24. The van der Waals surface area contributed by atoms with Crippen molar-refractivity contribution in [2.24, 2.45) is 0 Å². The summed E-state index contributed by atoms with van der Waals surface area (Å²) in [5, 5.41) is 9.89. The van der Waals surface area contributed by atoms with E-state index in [9.17, 15) is 4.79 Å². The number of nitrogens with zero attached hydrogens (tertiary/aromatic N) is 4. The second kappa shape index (κ2) is 9.41. The first-order valence-corrected chi connectivity index (χ1v) is 10.6. The summed E-state index contributed by atoms with van der Waals surface area (Å²) >= 11 is 1.62. The molecule has 0 aliphatic rings. The van der Waals surface area contributed by atoms with E-state index in [1.54, 1.807) is 23.7 Å². The Bertz CT molecular complexity index is 1110. The van der Waals surface area contributed by atoms with Gasteiger partial charge in [0, 0.05) is 54.7 Å². The van der Waals surface area contributed by atoms with Gasteiger partial charge in [0.15, 0.2) is 0 Å². The summed E-state index contributed by atoms with van der Waals surface area (Å²) in [6.45, 7) is 2.61. The van der Waals surface area contributed by atoms with Crippen LogP contribution in [-0.4, -0.2) is 32.6 Å². The van der Waals surface area contributed by atoms with Gasteiger partial charge >= 0.3 is 0 Å². The maximum atomic E-state index is 12.1. The van der Waals surface area contributed by atoms with E-state index in [1.807, 2.05) is 17.5 Å². The molecular weight excluding hydrogens is 398 g/mol. The standard InChI is InChI=1S/C22H21N5O2S/c1-15-4-6-16(7-5-15)22-25-18(14-30-22)10-12-24-19(28)8-9-20-26-21(27-29-20)17-3-2-11-23-13-17/h2-7,11,13-14H,8-10,12H2,1H3,(H,24,28). The van der Waals surface area contributed by atoms with Crippen LogP contribution in [0.15, 0.2) is 58.7 Å². The van der Waals surface area contributed by atoms with E-state index in [0.717, 1.165) is 21.8 Å². The van der Waals surface area contributed by atoms with Gasteiger partial charge in [-0.3, -0.25) is 9.78 Å². The van der Waals surface area contributed by atoms with Crippen LogP contribution in [0.5, 0.6) is 0 Å². The molecule has 0 atom stereocenters. The molecule has 7 nitrogen and oxygen atoms in total. The van der Waals surface area contributed by atoms with Crippen LogP contribution in [0.25, 0.3) is 22.0 Å². The third kappa shape index (κ3) is 5.15. The van der Waals surface area contributed by atoms with Crippen LogP contribution in [0.1, 0.15) is 23.6 Å². The van der Waals surface area contributed by atoms with E-state index >= 15 is 0 Å². The number of rotatable bonds is 8. The monoisotopic (exact) mass is 419 g/mol. The van der Waals surface area contributed by atoms with Gasteiger partial charge in [-0.05, 0) is 19.1 Å². The molecule has 8 heteroatoms. The SMILES string of the molecule is Cc1ccc(-c2nc(CCNC(=O)CCc3nc(-c4cccnc4)no3)cs2)cc1. The number of aromatic nitrogens is 4. The minimum Gasteiger partial charge on any atom is -0.356 e. The van der Waals surface area contributed by atoms with Gasteiger partial charge in [-0.25, -0.2) is 4.98 Å². The summed E-state index contributed by atoms with van der Waals surface area (Å²) in [6.07, 6.45) is 4.74. The zero-order valence-corrected chi connectivity index (χ0v) is 17.4. The Labute approximate surface area is 178 Å². The molecule has 3 heterocycles. The van der Waals surface area contributed by atoms with Crippen molar-refractivity contribution in [3.05, 3.63) is 71.3 Å². The van der Waals surface area contributed by atoms with Crippen molar-refractivity contribution >= 4 is 17.2 Å². The van der Waals surface area contributed by atoms with Crippen LogP contribution in [0.4, 0.5) is 0 Å². The Hall–Kier alpha value is -3.39. The zero-order valence-electron chi connectivity index (χ0n) is 16.5. The Morgan fingerprint density at radius 3 is 2.77 bits per heavy atom. The van der Waals surface area contributed by atoms with E-state index in [-0.39, 0.29) is 5.91 Å². The summed E-state index contributed by atoms with van der Waals surface area (Å²) in [5.74, 6) is 0.864. The van der Waals surface area contributed by atoms with E-state index in [4.69, 9.17) is 4.52 Å². The predicted octanol–water partition coefficient (Wildman–Crippen LogP) is 3.86. The van der Waals surface area contributed by atoms with E-state index in [2.05, 4.69) is 56.6 Å². The number of benzene rings is 1. The van der Waals surface area contributed by atoms with Gasteiger partial charge in [-0.2, -0.15) is 4.98 Å². The molecule has 3 aromatic heterocycles. The molecule has 4 rings (SSSR count). The van der Waals surface area contributed by atoms with Gasteiger partial charge in [0.25, 0.3) is 0 Å². The van der Waals surface area contributed by atoms with Gasteiger partial charge in [-0.15, -0.1) is 11.3 Å². The first-order chi connectivity index (χ1) is 14.7. The van der Waals surface area contributed by atoms with Crippen molar-refractivity contribution < 1.29 is 9.32 Å². The second-order valence-corrected chi connectivity index (χ2v) is 7.72. The molecule has 4 aromatic rings. The van der Waals surface area contributed by atoms with Gasteiger partial charge in [0.2, 0.25) is 17.6 Å². The highest BCUT2D eigenvalue weighted by atomic mass is 32.1. The number of carbonyl (C=O) groups excluding carboxylic acids is 1. The summed E-state index contributed by atoms with van der Waals surface area (Å²) < 4.78 is 5.22. The molecule has 0 saturated carbocycles. The van der Waals surface area contributed by atoms with Gasteiger partial charge in [0.1, 0.15) is 5.01 Å². The van der Waals surface area contributed by atoms with E-state index < -0.39 is 0 Å². The lowest BCUT2D eigenvalue weighted by molar-refractivity contribution is -0.121. The van der Waals surface area contributed by atoms with E-state index in [0.29, 0.717) is 37.5 Å². The maximum Gasteiger partial charge on any atom is 0.227 e. The number of pyridine rings is 1. The van der Waals surface area contributed by atoms with Crippen molar-refractivity contribution in [2.45, 2.75) is 26.2 Å². The summed E-state index contributed by atoms with van der Waals surface area (Å²) in [7, 11) is 0. The molecule has 0 unspecified atom stereocenters. The molecule has 0 aliphatic heterocycles. The average molecular weight is 420 g/mol. The molecule has 0 saturated heterocycles. The number of nitrogens with one attached hydrogen (secondary N) is 1. The van der Waals surface area contributed by atoms with Crippen LogP contribution in [0.3, 0.4) is 0 Å². The lowest BCUT2D eigenvalue weighted by Crippen LogP contribution is -2.26. The fourth-order valence-electron chi connectivity index (χ4n) is 2.86. The Morgan fingerprint density at radius 2 is 1.97 bits per heavy atom. The number of hydrogen-bond acceptors (Lipinski definition) is 7. The third-order valence-corrected chi connectivity index (χ3v) is 5.45. The van der Waals surface area contributed by atoms with Crippen molar-refractivity contribution in [1.29, 1.82) is 0 Å². The van der Waals surface area contributed by atoms with Crippen LogP contribution >= 0.6 is 11.3 Å². The second-order valence-electron chi connectivity index (χ2n) is 6.86. The fourth-order valence-corrected chi connectivity index (χ4v) is 3.72. The Balaban J connectivity index is 1.21. The number of hydrogen-bond donors (Lipinski definition) is 1. The maximum absolute atomic E-state index is 12.1. The average Bonchev–Trinajstić information content (AvgIpc) is 3.43. The molecule has 0 radical (unpaired) electrons. The van der Waals surface area contributed by atoms with Crippen LogP contribution in [0.2, 0.25) is 0 Å². The normalized spacial score (nSPS) is 10.8. The van der Waals surface area contributed by atoms with Crippen molar-refractivity contribution in [2.75, 3.05) is 6.54 Å². The molecule has 0 fully saturated rings. The molecule has 1 amide bonds. The molecule has 152 valence electrons. The first kappa shape index (κ1) is 19.9. The van der Waals surface area contributed by atoms with Gasteiger partial charge in [-0.1, -0.05) is 35.0 Å². The van der Waals surface area contributed by atoms with Gasteiger partial charge in [0.05, 0.1) is 5.69 Å². The third-order valence-electron chi connectivity index (χ3n) is 4.51. The number of thiazole rings is 1. The van der Waals surface area contributed by atoms with Crippen LogP contribution in [0, 0.1) is 6.92 Å². The number of amides is 1. The minimum absolute atomic E-state index is 0.0508. The van der Waals surface area contributed by atoms with Crippen molar-refractivity contribution in [3.63, 3.8) is 0 Å². The smallest absolute Gasteiger partial charge is 0.227 e. The topological polar surface area (TPSA) is 93.8 Å². The lowest BCUT2D eigenvalue weighted by atomic mass is 10.2. The number of aryl methyl sites for hydroxylation is 2. The summed E-state index contributed by atoms with van der Waals surface area (Å²) in [6, 6.07) is 12.0. The molecular formula is C22H21N5O2S. The highest BCUT2D eigenvalue weighted by Crippen LogP contribution is 2.24. The minimum atomic E-state index is -0.0508. The quantitative estimate of drug-likeness (QED) is 0.466.